The molecule has 2 rings (SSSR count). The van der Waals surface area contributed by atoms with Crippen molar-refractivity contribution in [2.24, 2.45) is 0 Å². The van der Waals surface area contributed by atoms with Crippen molar-refractivity contribution in [2.45, 2.75) is 0 Å². The van der Waals surface area contributed by atoms with Gasteiger partial charge in [0.05, 0.1) is 0 Å². The number of benzene rings is 2. The van der Waals surface area contributed by atoms with Gasteiger partial charge in [0, 0.05) is 0 Å². The fourth-order valence-corrected chi connectivity index (χ4v) is 2.59. The molecule has 0 heteroatoms. The summed E-state index contributed by atoms with van der Waals surface area (Å²) in [5.74, 6) is 0. The topological polar surface area (TPSA) is 0 Å². The molecule has 0 saturated heterocycles. The van der Waals surface area contributed by atoms with Crippen molar-refractivity contribution < 1.29 is 0 Å². The second-order valence-corrected chi connectivity index (χ2v) is 4.48. The summed E-state index contributed by atoms with van der Waals surface area (Å²) in [5.41, 5.74) is 5.34. The van der Waals surface area contributed by atoms with Gasteiger partial charge in [-0.05, 0) is 44.7 Å². The molecular weight excluding hydrogens is 240 g/mol. The SMILES string of the molecule is C=Cc1cc(C=C)c2c(C=C)ccc(C=C)c2c1C=C. The van der Waals surface area contributed by atoms with Gasteiger partial charge in [0.2, 0.25) is 0 Å². The highest BCUT2D eigenvalue weighted by Gasteiger charge is 2.12. The van der Waals surface area contributed by atoms with Crippen LogP contribution in [-0.2, 0) is 0 Å². The first kappa shape index (κ1) is 13.8. The summed E-state index contributed by atoms with van der Waals surface area (Å²) < 4.78 is 0. The minimum atomic E-state index is 1.05. The lowest BCUT2D eigenvalue weighted by molar-refractivity contribution is 1.61. The highest BCUT2D eigenvalue weighted by atomic mass is 14.2. The van der Waals surface area contributed by atoms with Gasteiger partial charge >= 0.3 is 0 Å². The number of hydrogen-bond acceptors (Lipinski definition) is 0. The van der Waals surface area contributed by atoms with Crippen molar-refractivity contribution >= 4 is 41.2 Å². The highest BCUT2D eigenvalue weighted by molar-refractivity contribution is 6.07. The van der Waals surface area contributed by atoms with Gasteiger partial charge in [0.15, 0.2) is 0 Å². The minimum absolute atomic E-state index is 1.05. The quantitative estimate of drug-likeness (QED) is 0.612. The number of rotatable bonds is 5. The Morgan fingerprint density at radius 2 is 1.05 bits per heavy atom. The third-order valence-electron chi connectivity index (χ3n) is 3.53. The molecule has 0 aliphatic carbocycles. The van der Waals surface area contributed by atoms with Gasteiger partial charge < -0.3 is 0 Å². The zero-order valence-electron chi connectivity index (χ0n) is 11.7. The molecule has 0 aromatic heterocycles. The molecule has 98 valence electrons. The molecule has 0 fully saturated rings. The molecule has 0 spiro atoms. The van der Waals surface area contributed by atoms with E-state index in [-0.39, 0.29) is 0 Å². The smallest absolute Gasteiger partial charge is 0.00212 e. The first-order valence-electron chi connectivity index (χ1n) is 6.47. The van der Waals surface area contributed by atoms with Crippen LogP contribution in [0.25, 0.3) is 41.2 Å². The van der Waals surface area contributed by atoms with Crippen molar-refractivity contribution in [3.8, 4) is 0 Å². The third kappa shape index (κ3) is 1.96. The second kappa shape index (κ2) is 5.58. The Labute approximate surface area is 120 Å². The predicted molar refractivity (Wildman–Crippen MR) is 94.4 cm³/mol. The lowest BCUT2D eigenvalue weighted by atomic mass is 9.88. The normalized spacial score (nSPS) is 10.0. The van der Waals surface area contributed by atoms with Crippen molar-refractivity contribution in [1.29, 1.82) is 0 Å². The van der Waals surface area contributed by atoms with Gasteiger partial charge in [-0.1, -0.05) is 75.4 Å². The highest BCUT2D eigenvalue weighted by Crippen LogP contribution is 2.34. The van der Waals surface area contributed by atoms with E-state index in [0.29, 0.717) is 0 Å². The largest absolute Gasteiger partial charge is 0.0984 e. The van der Waals surface area contributed by atoms with Gasteiger partial charge in [-0.25, -0.2) is 0 Å². The molecule has 0 nitrogen and oxygen atoms in total. The molecule has 0 saturated carbocycles. The van der Waals surface area contributed by atoms with Gasteiger partial charge in [-0.15, -0.1) is 0 Å². The summed E-state index contributed by atoms with van der Waals surface area (Å²) in [6, 6.07) is 6.19. The maximum absolute atomic E-state index is 3.94. The van der Waals surface area contributed by atoms with Crippen molar-refractivity contribution in [2.75, 3.05) is 0 Å². The van der Waals surface area contributed by atoms with Crippen LogP contribution >= 0.6 is 0 Å². The van der Waals surface area contributed by atoms with Crippen LogP contribution in [0.3, 0.4) is 0 Å². The summed E-state index contributed by atoms with van der Waals surface area (Å²) in [6.07, 6.45) is 9.30. The molecule has 0 radical (unpaired) electrons. The van der Waals surface area contributed by atoms with E-state index in [2.05, 4.69) is 51.1 Å². The molecule has 0 unspecified atom stereocenters. The molecule has 0 aliphatic heterocycles. The lowest BCUT2D eigenvalue weighted by Gasteiger charge is -2.15. The monoisotopic (exact) mass is 258 g/mol. The molecule has 0 amide bonds. The summed E-state index contributed by atoms with van der Waals surface area (Å²) in [4.78, 5) is 0. The van der Waals surface area contributed by atoms with Crippen LogP contribution < -0.4 is 0 Å². The van der Waals surface area contributed by atoms with Crippen LogP contribution in [0.5, 0.6) is 0 Å². The van der Waals surface area contributed by atoms with Gasteiger partial charge in [0.1, 0.15) is 0 Å². The third-order valence-corrected chi connectivity index (χ3v) is 3.53. The van der Waals surface area contributed by atoms with E-state index in [4.69, 9.17) is 0 Å². The van der Waals surface area contributed by atoms with Crippen molar-refractivity contribution in [1.82, 2.24) is 0 Å². The maximum atomic E-state index is 3.94. The molecule has 0 atom stereocenters. The van der Waals surface area contributed by atoms with Crippen LogP contribution in [0.15, 0.2) is 51.1 Å². The summed E-state index contributed by atoms with van der Waals surface area (Å²) in [7, 11) is 0. The number of hydrogen-bond donors (Lipinski definition) is 0. The fraction of sp³-hybridized carbons (Fsp3) is 0. The van der Waals surface area contributed by atoms with Gasteiger partial charge in [-0.3, -0.25) is 0 Å². The zero-order valence-corrected chi connectivity index (χ0v) is 11.7. The fourth-order valence-electron chi connectivity index (χ4n) is 2.59. The Morgan fingerprint density at radius 1 is 0.550 bits per heavy atom. The minimum Gasteiger partial charge on any atom is -0.0984 e. The van der Waals surface area contributed by atoms with E-state index in [0.717, 1.165) is 38.6 Å². The van der Waals surface area contributed by atoms with E-state index < -0.39 is 0 Å². The van der Waals surface area contributed by atoms with Gasteiger partial charge in [0.25, 0.3) is 0 Å². The molecule has 20 heavy (non-hydrogen) atoms. The molecule has 0 heterocycles. The van der Waals surface area contributed by atoms with Crippen LogP contribution in [-0.4, -0.2) is 0 Å². The Hall–Kier alpha value is -2.60. The van der Waals surface area contributed by atoms with Crippen LogP contribution in [0.2, 0.25) is 0 Å². The first-order valence-corrected chi connectivity index (χ1v) is 6.47. The lowest BCUT2D eigenvalue weighted by Crippen LogP contribution is -1.93. The Kier molecular flexibility index (Phi) is 3.86. The Balaban J connectivity index is 3.20. The van der Waals surface area contributed by atoms with Crippen LogP contribution in [0, 0.1) is 0 Å². The first-order chi connectivity index (χ1) is 9.71. The molecular formula is C20H18. The van der Waals surface area contributed by atoms with Crippen LogP contribution in [0.1, 0.15) is 27.8 Å². The summed E-state index contributed by atoms with van der Waals surface area (Å²) >= 11 is 0. The Bertz CT molecular complexity index is 742. The average molecular weight is 258 g/mol. The molecule has 0 bridgehead atoms. The van der Waals surface area contributed by atoms with E-state index in [1.165, 1.54) is 0 Å². The predicted octanol–water partition coefficient (Wildman–Crippen LogP) is 6.05. The van der Waals surface area contributed by atoms with Gasteiger partial charge in [-0.2, -0.15) is 0 Å². The van der Waals surface area contributed by atoms with E-state index in [1.54, 1.807) is 0 Å². The molecule has 2 aromatic carbocycles. The maximum Gasteiger partial charge on any atom is -0.00212 e. The standard InChI is InChI=1S/C20H18/c1-6-14-11-12-15(7-2)20-18(10-5)16(8-3)13-17(9-4)19(14)20/h6-13H,1-5H2. The summed E-state index contributed by atoms with van der Waals surface area (Å²) in [6.45, 7) is 19.6. The zero-order chi connectivity index (χ0) is 14.7. The van der Waals surface area contributed by atoms with Crippen molar-refractivity contribution in [3.05, 3.63) is 78.9 Å². The van der Waals surface area contributed by atoms with E-state index in [1.807, 2.05) is 30.4 Å². The van der Waals surface area contributed by atoms with E-state index >= 15 is 0 Å². The number of fused-ring (bicyclic) bond motifs is 1. The van der Waals surface area contributed by atoms with Crippen LogP contribution in [0.4, 0.5) is 0 Å². The average Bonchev–Trinajstić information content (AvgIpc) is 2.51. The molecule has 0 N–H and O–H groups in total. The summed E-state index contributed by atoms with van der Waals surface area (Å²) in [5, 5.41) is 2.26. The second-order valence-electron chi connectivity index (χ2n) is 4.48. The molecule has 2 aromatic rings. The van der Waals surface area contributed by atoms with Crippen molar-refractivity contribution in [3.63, 3.8) is 0 Å². The molecule has 0 aliphatic rings. The Morgan fingerprint density at radius 3 is 1.50 bits per heavy atom. The van der Waals surface area contributed by atoms with E-state index in [9.17, 15) is 0 Å².